The fourth-order valence-corrected chi connectivity index (χ4v) is 3.35. The highest BCUT2D eigenvalue weighted by atomic mass is 16.5. The number of amides is 1. The fourth-order valence-electron chi connectivity index (χ4n) is 3.35. The summed E-state index contributed by atoms with van der Waals surface area (Å²) in [5.74, 6) is 1.94. The number of hydrogen-bond acceptors (Lipinski definition) is 5. The van der Waals surface area contributed by atoms with Crippen LogP contribution in [0, 0.1) is 5.41 Å². The van der Waals surface area contributed by atoms with Crippen molar-refractivity contribution in [1.29, 1.82) is 0 Å². The Morgan fingerprint density at radius 2 is 1.88 bits per heavy atom. The lowest BCUT2D eigenvalue weighted by atomic mass is 9.79. The van der Waals surface area contributed by atoms with Gasteiger partial charge in [0, 0.05) is 25.6 Å². The van der Waals surface area contributed by atoms with Crippen molar-refractivity contribution in [2.24, 2.45) is 11.1 Å². The number of benzene rings is 1. The summed E-state index contributed by atoms with van der Waals surface area (Å²) in [6, 6.07) is 3.90. The quantitative estimate of drug-likeness (QED) is 0.852. The van der Waals surface area contributed by atoms with E-state index in [0.717, 1.165) is 18.5 Å². The largest absolute Gasteiger partial charge is 0.493 e. The molecule has 1 atom stereocenters. The average Bonchev–Trinajstić information content (AvgIpc) is 2.60. The molecule has 1 aliphatic heterocycles. The number of nitrogens with two attached hydrogens (primary N) is 1. The first-order valence-electron chi connectivity index (χ1n) is 8.65. The number of piperidine rings is 1. The molecule has 25 heavy (non-hydrogen) atoms. The highest BCUT2D eigenvalue weighted by Gasteiger charge is 2.35. The molecule has 0 saturated carbocycles. The summed E-state index contributed by atoms with van der Waals surface area (Å²) in [5.41, 5.74) is 7.04. The molecule has 0 aliphatic carbocycles. The van der Waals surface area contributed by atoms with Gasteiger partial charge in [0.05, 0.1) is 21.3 Å². The number of nitrogens with zero attached hydrogens (tertiary/aromatic N) is 1. The van der Waals surface area contributed by atoms with Crippen LogP contribution in [-0.4, -0.2) is 51.3 Å². The first-order valence-corrected chi connectivity index (χ1v) is 8.65. The van der Waals surface area contributed by atoms with Gasteiger partial charge in [0.1, 0.15) is 0 Å². The summed E-state index contributed by atoms with van der Waals surface area (Å²) in [6.07, 6.45) is 1.86. The van der Waals surface area contributed by atoms with Gasteiger partial charge >= 0.3 is 0 Å². The predicted molar refractivity (Wildman–Crippen MR) is 97.4 cm³/mol. The molecule has 1 heterocycles. The van der Waals surface area contributed by atoms with Crippen LogP contribution in [-0.2, 0) is 11.2 Å². The van der Waals surface area contributed by atoms with Crippen molar-refractivity contribution in [3.05, 3.63) is 17.7 Å². The minimum atomic E-state index is -0.0467. The van der Waals surface area contributed by atoms with Crippen LogP contribution in [0.5, 0.6) is 17.2 Å². The summed E-state index contributed by atoms with van der Waals surface area (Å²) >= 11 is 0. The van der Waals surface area contributed by atoms with Crippen LogP contribution in [0.15, 0.2) is 12.1 Å². The van der Waals surface area contributed by atoms with E-state index in [-0.39, 0.29) is 17.4 Å². The van der Waals surface area contributed by atoms with Gasteiger partial charge in [-0.2, -0.15) is 0 Å². The van der Waals surface area contributed by atoms with E-state index in [9.17, 15) is 4.79 Å². The Hall–Kier alpha value is -1.95. The van der Waals surface area contributed by atoms with Crippen molar-refractivity contribution in [2.75, 3.05) is 34.4 Å². The predicted octanol–water partition coefficient (Wildman–Crippen LogP) is 2.23. The van der Waals surface area contributed by atoms with E-state index < -0.39 is 0 Å². The topological polar surface area (TPSA) is 74.0 Å². The molecule has 2 N–H and O–H groups in total. The lowest BCUT2D eigenvalue weighted by Crippen LogP contribution is -2.54. The van der Waals surface area contributed by atoms with E-state index in [4.69, 9.17) is 19.9 Å². The number of likely N-dealkylation sites (tertiary alicyclic amines) is 1. The van der Waals surface area contributed by atoms with E-state index in [1.165, 1.54) is 0 Å². The molecule has 1 amide bonds. The molecule has 6 heteroatoms. The van der Waals surface area contributed by atoms with Crippen molar-refractivity contribution in [3.8, 4) is 17.2 Å². The zero-order valence-corrected chi connectivity index (χ0v) is 15.9. The Labute approximate surface area is 150 Å². The smallest absolute Gasteiger partial charge is 0.222 e. The average molecular weight is 350 g/mol. The molecule has 140 valence electrons. The van der Waals surface area contributed by atoms with Crippen LogP contribution < -0.4 is 19.9 Å². The lowest BCUT2D eigenvalue weighted by Gasteiger charge is -2.42. The third-order valence-electron chi connectivity index (χ3n) is 5.06. The maximum Gasteiger partial charge on any atom is 0.222 e. The SMILES string of the molecule is COc1ccc(CCC(=O)N2CCC(N)C(C)(C)C2)c(OC)c1OC. The molecule has 2 rings (SSSR count). The van der Waals surface area contributed by atoms with E-state index in [1.807, 2.05) is 17.0 Å². The molecule has 1 aromatic rings. The normalized spacial score (nSPS) is 19.4. The molecule has 1 saturated heterocycles. The second-order valence-electron chi connectivity index (χ2n) is 7.19. The fraction of sp³-hybridized carbons (Fsp3) is 0.632. The summed E-state index contributed by atoms with van der Waals surface area (Å²) in [7, 11) is 4.76. The van der Waals surface area contributed by atoms with Crippen molar-refractivity contribution >= 4 is 5.91 Å². The first kappa shape index (κ1) is 19.4. The van der Waals surface area contributed by atoms with Crippen LogP contribution in [0.25, 0.3) is 0 Å². The van der Waals surface area contributed by atoms with Crippen molar-refractivity contribution in [2.45, 2.75) is 39.2 Å². The minimum absolute atomic E-state index is 0.0467. The van der Waals surface area contributed by atoms with Gasteiger partial charge in [-0.3, -0.25) is 4.79 Å². The van der Waals surface area contributed by atoms with E-state index in [1.54, 1.807) is 21.3 Å². The molecule has 0 radical (unpaired) electrons. The van der Waals surface area contributed by atoms with E-state index in [0.29, 0.717) is 36.6 Å². The van der Waals surface area contributed by atoms with Gasteiger partial charge in [-0.1, -0.05) is 19.9 Å². The Balaban J connectivity index is 2.07. The number of aryl methyl sites for hydroxylation is 1. The van der Waals surface area contributed by atoms with Gasteiger partial charge in [-0.05, 0) is 29.9 Å². The molecule has 1 aliphatic rings. The van der Waals surface area contributed by atoms with Gasteiger partial charge < -0.3 is 24.8 Å². The standard InChI is InChI=1S/C19H30N2O4/c1-19(2)12-21(11-10-15(19)20)16(22)9-7-13-6-8-14(23-3)18(25-5)17(13)24-4/h6,8,15H,7,9-12,20H2,1-5H3. The van der Waals surface area contributed by atoms with E-state index in [2.05, 4.69) is 13.8 Å². The summed E-state index contributed by atoms with van der Waals surface area (Å²) in [6.45, 7) is 5.67. The van der Waals surface area contributed by atoms with Gasteiger partial charge in [-0.15, -0.1) is 0 Å². The van der Waals surface area contributed by atoms with Gasteiger partial charge in [-0.25, -0.2) is 0 Å². The molecule has 1 aromatic carbocycles. The Bertz CT molecular complexity index is 616. The number of ether oxygens (including phenoxy) is 3. The Kier molecular flexibility index (Phi) is 6.16. The van der Waals surface area contributed by atoms with Crippen molar-refractivity contribution in [1.82, 2.24) is 4.90 Å². The minimum Gasteiger partial charge on any atom is -0.493 e. The third kappa shape index (κ3) is 4.18. The van der Waals surface area contributed by atoms with Crippen LogP contribution in [0.1, 0.15) is 32.3 Å². The molecule has 0 spiro atoms. The maximum atomic E-state index is 12.6. The van der Waals surface area contributed by atoms with Crippen LogP contribution in [0.3, 0.4) is 0 Å². The molecule has 0 aromatic heterocycles. The van der Waals surface area contributed by atoms with Crippen molar-refractivity contribution in [3.63, 3.8) is 0 Å². The zero-order valence-electron chi connectivity index (χ0n) is 15.9. The zero-order chi connectivity index (χ0) is 18.6. The van der Waals surface area contributed by atoms with Crippen LogP contribution in [0.4, 0.5) is 0 Å². The number of carbonyl (C=O) groups excluding carboxylic acids is 1. The molecule has 6 nitrogen and oxygen atoms in total. The number of hydrogen-bond donors (Lipinski definition) is 1. The van der Waals surface area contributed by atoms with Gasteiger partial charge in [0.15, 0.2) is 11.5 Å². The maximum absolute atomic E-state index is 12.6. The monoisotopic (exact) mass is 350 g/mol. The highest BCUT2D eigenvalue weighted by Crippen LogP contribution is 2.40. The molecular formula is C19H30N2O4. The third-order valence-corrected chi connectivity index (χ3v) is 5.06. The molecule has 0 bridgehead atoms. The van der Waals surface area contributed by atoms with Gasteiger partial charge in [0.25, 0.3) is 0 Å². The lowest BCUT2D eigenvalue weighted by molar-refractivity contribution is -0.134. The van der Waals surface area contributed by atoms with Crippen LogP contribution >= 0.6 is 0 Å². The highest BCUT2D eigenvalue weighted by molar-refractivity contribution is 5.77. The number of methoxy groups -OCH3 is 3. The number of carbonyl (C=O) groups is 1. The summed E-state index contributed by atoms with van der Waals surface area (Å²) in [5, 5.41) is 0. The summed E-state index contributed by atoms with van der Waals surface area (Å²) < 4.78 is 16.2. The second kappa shape index (κ2) is 7.95. The van der Waals surface area contributed by atoms with Crippen LogP contribution in [0.2, 0.25) is 0 Å². The molecule has 1 fully saturated rings. The first-order chi connectivity index (χ1) is 11.8. The Morgan fingerprint density at radius 1 is 1.20 bits per heavy atom. The van der Waals surface area contributed by atoms with Gasteiger partial charge in [0.2, 0.25) is 11.7 Å². The van der Waals surface area contributed by atoms with E-state index >= 15 is 0 Å². The van der Waals surface area contributed by atoms with Crippen molar-refractivity contribution < 1.29 is 19.0 Å². The number of rotatable bonds is 6. The molecular weight excluding hydrogens is 320 g/mol. The summed E-state index contributed by atoms with van der Waals surface area (Å²) in [4.78, 5) is 14.6. The molecule has 1 unspecified atom stereocenters. The Morgan fingerprint density at radius 3 is 2.44 bits per heavy atom. The second-order valence-corrected chi connectivity index (χ2v) is 7.19.